The number of rotatable bonds is 4. The molecule has 4 heterocycles. The molecule has 0 saturated carbocycles. The van der Waals surface area contributed by atoms with E-state index in [0.717, 1.165) is 20.9 Å². The van der Waals surface area contributed by atoms with Crippen LogP contribution < -0.4 is 4.58 Å². The third-order valence-electron chi connectivity index (χ3n) is 8.47. The van der Waals surface area contributed by atoms with E-state index in [1.165, 1.54) is 24.3 Å². The fourth-order valence-corrected chi connectivity index (χ4v) is 5.85. The van der Waals surface area contributed by atoms with Gasteiger partial charge in [-0.2, -0.15) is 8.78 Å². The summed E-state index contributed by atoms with van der Waals surface area (Å²) >= 11 is 0. The standard InChI is InChI=1S/C39H37F2N5/c1-37(2,3)25-14-17-43-36(22-25)46-34-21-26(12-13-30(34)31-15-16-42-23-35(31)46)39(40,41)28-18-27(38(4,5)6)19-29(20-28)45-24-44(7)32-10-8-9-11-33(32)45/h8-23H,1-7H3/q+2/i7D3,8D,9D,10D,11D. The van der Waals surface area contributed by atoms with Crippen LogP contribution >= 0.6 is 0 Å². The first-order valence-electron chi connectivity index (χ1n) is 18.5. The van der Waals surface area contributed by atoms with Crippen molar-refractivity contribution in [1.82, 2.24) is 19.1 Å². The fraction of sp³-hybridized carbons (Fsp3) is 0.256. The molecule has 0 amide bonds. The molecule has 0 aliphatic carbocycles. The van der Waals surface area contributed by atoms with E-state index < -0.39 is 48.0 Å². The number of alkyl halides is 2. The van der Waals surface area contributed by atoms with Crippen molar-refractivity contribution in [2.45, 2.75) is 58.3 Å². The molecule has 230 valence electrons. The molecular weight excluding hydrogens is 576 g/mol. The van der Waals surface area contributed by atoms with Crippen LogP contribution in [0.3, 0.4) is 0 Å². The Kier molecular flexibility index (Phi) is 5.02. The van der Waals surface area contributed by atoms with Crippen molar-refractivity contribution in [2.75, 3.05) is 6.98 Å². The van der Waals surface area contributed by atoms with Crippen LogP contribution in [0.25, 0.3) is 27.6 Å². The summed E-state index contributed by atoms with van der Waals surface area (Å²) in [6.45, 7) is 8.95. The number of benzene rings is 3. The zero-order valence-electron chi connectivity index (χ0n) is 33.4. The molecule has 1 aliphatic rings. The first kappa shape index (κ1) is 22.5. The van der Waals surface area contributed by atoms with E-state index in [0.29, 0.717) is 27.0 Å². The molecule has 7 rings (SSSR count). The van der Waals surface area contributed by atoms with Crippen LogP contribution in [0.2, 0.25) is 0 Å². The Morgan fingerprint density at radius 2 is 1.48 bits per heavy atom. The van der Waals surface area contributed by atoms with Crippen molar-refractivity contribution < 1.29 is 23.0 Å². The van der Waals surface area contributed by atoms with Gasteiger partial charge in [0.2, 0.25) is 5.69 Å². The molecule has 5 nitrogen and oxygen atoms in total. The summed E-state index contributed by atoms with van der Waals surface area (Å²) < 4.78 is 96.1. The second-order valence-corrected chi connectivity index (χ2v) is 13.7. The number of nitrogens with zero attached hydrogens (tertiary/aromatic N) is 5. The minimum Gasteiger partial charge on any atom is -0.292 e. The third kappa shape index (κ3) is 4.83. The van der Waals surface area contributed by atoms with Gasteiger partial charge in [0.05, 0.1) is 22.7 Å². The molecule has 0 N–H and O–H groups in total. The van der Waals surface area contributed by atoms with Crippen LogP contribution in [0.1, 0.15) is 73.4 Å². The summed E-state index contributed by atoms with van der Waals surface area (Å²) in [6.07, 6.45) is 5.06. The first-order valence-corrected chi connectivity index (χ1v) is 15.0. The second-order valence-electron chi connectivity index (χ2n) is 13.7. The zero-order chi connectivity index (χ0) is 38.6. The summed E-state index contributed by atoms with van der Waals surface area (Å²) in [5, 5.41) is 1.57. The number of hydrogen-bond donors (Lipinski definition) is 0. The van der Waals surface area contributed by atoms with Crippen molar-refractivity contribution in [1.29, 1.82) is 0 Å². The Morgan fingerprint density at radius 3 is 2.22 bits per heavy atom. The maximum absolute atomic E-state index is 17.2. The minimum absolute atomic E-state index is 0.0644. The van der Waals surface area contributed by atoms with Crippen molar-refractivity contribution in [3.63, 3.8) is 0 Å². The van der Waals surface area contributed by atoms with Gasteiger partial charge < -0.3 is 0 Å². The molecule has 6 aromatic rings. The van der Waals surface area contributed by atoms with Crippen LogP contribution in [0.15, 0.2) is 97.4 Å². The average molecular weight is 621 g/mol. The molecule has 0 radical (unpaired) electrons. The SMILES string of the molecule is [2H]c1c([2H])c([2H])c2c(c1[2H])[N+](c1cc(C(C)(C)C)cc(C(F)(F)c3ccc4c5ccncc5n(-c5cc(C(C)(C)C)ccn5)c4c3)c1)=C=[N+]2C([2H])([2H])[2H]. The summed E-state index contributed by atoms with van der Waals surface area (Å²) in [7, 11) is 0. The smallest absolute Gasteiger partial charge is 0.292 e. The summed E-state index contributed by atoms with van der Waals surface area (Å²) in [5.74, 6) is -3.03. The monoisotopic (exact) mass is 620 g/mol. The molecule has 1 aliphatic heterocycles. The third-order valence-corrected chi connectivity index (χ3v) is 8.47. The Hall–Kier alpha value is -5.00. The number of para-hydroxylation sites is 2. The molecule has 0 spiro atoms. The summed E-state index contributed by atoms with van der Waals surface area (Å²) in [5.41, 5.74) is 0.739. The first-order chi connectivity index (χ1) is 24.6. The number of hydrogen-bond acceptors (Lipinski definition) is 2. The van der Waals surface area contributed by atoms with Gasteiger partial charge in [0.1, 0.15) is 9.93 Å². The van der Waals surface area contributed by atoms with Gasteiger partial charge in [-0.3, -0.25) is 9.55 Å². The maximum Gasteiger partial charge on any atom is 0.496 e. The molecule has 0 atom stereocenters. The van der Waals surface area contributed by atoms with E-state index in [1.807, 2.05) is 43.5 Å². The van der Waals surface area contributed by atoms with Gasteiger partial charge in [-0.15, -0.1) is 0 Å². The van der Waals surface area contributed by atoms with Gasteiger partial charge in [-0.25, -0.2) is 4.98 Å². The molecule has 46 heavy (non-hydrogen) atoms. The number of halogens is 2. The lowest BCUT2D eigenvalue weighted by molar-refractivity contribution is -0.394. The lowest BCUT2D eigenvalue weighted by atomic mass is 9.84. The number of pyridine rings is 2. The van der Waals surface area contributed by atoms with Crippen molar-refractivity contribution in [3.05, 3.63) is 120 Å². The van der Waals surface area contributed by atoms with E-state index >= 15 is 8.78 Å². The van der Waals surface area contributed by atoms with Crippen LogP contribution in [-0.4, -0.2) is 32.1 Å². The van der Waals surface area contributed by atoms with Crippen molar-refractivity contribution in [2.24, 2.45) is 0 Å². The Bertz CT molecular complexity index is 2590. The largest absolute Gasteiger partial charge is 0.496 e. The Balaban J connectivity index is 1.47. The fourth-order valence-electron chi connectivity index (χ4n) is 5.85. The second kappa shape index (κ2) is 10.3. The average Bonchev–Trinajstić information content (AvgIpc) is 3.66. The van der Waals surface area contributed by atoms with Crippen LogP contribution in [0.5, 0.6) is 0 Å². The zero-order valence-corrected chi connectivity index (χ0v) is 26.4. The van der Waals surface area contributed by atoms with Gasteiger partial charge >= 0.3 is 6.01 Å². The Morgan fingerprint density at radius 1 is 0.761 bits per heavy atom. The quantitative estimate of drug-likeness (QED) is 0.184. The van der Waals surface area contributed by atoms with E-state index in [-0.39, 0.29) is 28.0 Å². The van der Waals surface area contributed by atoms with Gasteiger partial charge in [0, 0.05) is 58.5 Å². The lowest BCUT2D eigenvalue weighted by Crippen LogP contribution is -2.19. The predicted molar refractivity (Wildman–Crippen MR) is 182 cm³/mol. The van der Waals surface area contributed by atoms with E-state index in [2.05, 4.69) is 36.7 Å². The molecule has 0 fully saturated rings. The Labute approximate surface area is 277 Å². The maximum atomic E-state index is 17.2. The number of fused-ring (bicyclic) bond motifs is 4. The van der Waals surface area contributed by atoms with Gasteiger partial charge in [0.25, 0.3) is 17.3 Å². The summed E-state index contributed by atoms with van der Waals surface area (Å²) in [4.78, 5) is 8.97. The minimum atomic E-state index is -3.59. The van der Waals surface area contributed by atoms with E-state index in [1.54, 1.807) is 30.7 Å². The number of aromatic nitrogens is 3. The van der Waals surface area contributed by atoms with Gasteiger partial charge in [-0.1, -0.05) is 70.3 Å². The van der Waals surface area contributed by atoms with Gasteiger partial charge in [0.15, 0.2) is 6.98 Å². The molecule has 3 aromatic heterocycles. The molecule has 3 aromatic carbocycles. The lowest BCUT2D eigenvalue weighted by Gasteiger charge is -2.23. The van der Waals surface area contributed by atoms with Crippen molar-refractivity contribution >= 4 is 44.9 Å². The highest BCUT2D eigenvalue weighted by molar-refractivity contribution is 6.09. The predicted octanol–water partition coefficient (Wildman–Crippen LogP) is 9.60. The molecule has 0 bridgehead atoms. The molecule has 0 unspecified atom stereocenters. The van der Waals surface area contributed by atoms with Crippen LogP contribution in [0, 0.1) is 0 Å². The summed E-state index contributed by atoms with van der Waals surface area (Å²) in [6, 6.07) is 14.9. The topological polar surface area (TPSA) is 36.7 Å². The van der Waals surface area contributed by atoms with Crippen LogP contribution in [-0.2, 0) is 16.8 Å². The molecule has 0 saturated heterocycles. The van der Waals surface area contributed by atoms with E-state index in [4.69, 9.17) is 9.60 Å². The highest BCUT2D eigenvalue weighted by atomic mass is 19.3. The molecular formula is C39H37F2N5+2. The highest BCUT2D eigenvalue weighted by Gasteiger charge is 2.39. The van der Waals surface area contributed by atoms with Crippen LogP contribution in [0.4, 0.5) is 25.8 Å². The highest BCUT2D eigenvalue weighted by Crippen LogP contribution is 2.43. The normalized spacial score (nSPS) is 16.1. The van der Waals surface area contributed by atoms with Crippen molar-refractivity contribution in [3.8, 4) is 5.82 Å². The molecule has 7 heteroatoms. The van der Waals surface area contributed by atoms with E-state index in [9.17, 15) is 0 Å². The van der Waals surface area contributed by atoms with Gasteiger partial charge in [-0.05, 0) is 56.9 Å².